The van der Waals surface area contributed by atoms with Crippen LogP contribution in [0.25, 0.3) is 0 Å². The molecule has 2 fully saturated rings. The van der Waals surface area contributed by atoms with Gasteiger partial charge in [-0.2, -0.15) is 0 Å². The maximum absolute atomic E-state index is 11.3. The zero-order chi connectivity index (χ0) is 10.1. The quantitative estimate of drug-likeness (QED) is 0.718. The monoisotopic (exact) mass is 198 g/mol. The van der Waals surface area contributed by atoms with E-state index >= 15 is 0 Å². The van der Waals surface area contributed by atoms with E-state index in [1.165, 1.54) is 12.8 Å². The van der Waals surface area contributed by atoms with Crippen LogP contribution in [0, 0.1) is 5.92 Å². The van der Waals surface area contributed by atoms with Gasteiger partial charge in [-0.1, -0.05) is 6.42 Å². The Labute approximate surface area is 84.4 Å². The molecule has 80 valence electrons. The first-order chi connectivity index (χ1) is 6.74. The molecular formula is C10H18N2O2. The van der Waals surface area contributed by atoms with E-state index in [1.807, 2.05) is 4.90 Å². The summed E-state index contributed by atoms with van der Waals surface area (Å²) in [4.78, 5) is 13.2. The first-order valence-corrected chi connectivity index (χ1v) is 5.30. The standard InChI is InChI=1S/C10H18N2O2/c1-14-6-8-5-7-3-2-4-9(7)12(8)10(11)13/h7-9H,2-6H2,1H3,(H2,11,13). The largest absolute Gasteiger partial charge is 0.383 e. The van der Waals surface area contributed by atoms with Crippen molar-refractivity contribution in [3.05, 3.63) is 0 Å². The molecule has 0 aromatic carbocycles. The minimum atomic E-state index is -0.276. The van der Waals surface area contributed by atoms with Crippen LogP contribution in [-0.2, 0) is 4.74 Å². The third kappa shape index (κ3) is 1.47. The fourth-order valence-corrected chi connectivity index (χ4v) is 3.08. The van der Waals surface area contributed by atoms with Crippen LogP contribution in [0.4, 0.5) is 4.79 Å². The lowest BCUT2D eigenvalue weighted by Gasteiger charge is -2.27. The molecule has 2 rings (SSSR count). The first-order valence-electron chi connectivity index (χ1n) is 5.30. The number of methoxy groups -OCH3 is 1. The Morgan fingerprint density at radius 3 is 3.00 bits per heavy atom. The van der Waals surface area contributed by atoms with E-state index in [4.69, 9.17) is 10.5 Å². The van der Waals surface area contributed by atoms with Crippen molar-refractivity contribution in [3.63, 3.8) is 0 Å². The lowest BCUT2D eigenvalue weighted by Crippen LogP contribution is -2.46. The van der Waals surface area contributed by atoms with Crippen LogP contribution in [0.2, 0.25) is 0 Å². The van der Waals surface area contributed by atoms with Gasteiger partial charge in [-0.15, -0.1) is 0 Å². The summed E-state index contributed by atoms with van der Waals surface area (Å²) in [5, 5.41) is 0. The summed E-state index contributed by atoms with van der Waals surface area (Å²) in [7, 11) is 1.67. The Balaban J connectivity index is 2.09. The first kappa shape index (κ1) is 9.77. The number of nitrogens with two attached hydrogens (primary N) is 1. The fraction of sp³-hybridized carbons (Fsp3) is 0.900. The molecule has 0 aromatic rings. The topological polar surface area (TPSA) is 55.6 Å². The van der Waals surface area contributed by atoms with E-state index in [-0.39, 0.29) is 12.1 Å². The predicted octanol–water partition coefficient (Wildman–Crippen LogP) is 0.955. The molecule has 4 heteroatoms. The van der Waals surface area contributed by atoms with Crippen molar-refractivity contribution in [1.82, 2.24) is 4.90 Å². The van der Waals surface area contributed by atoms with Crippen LogP contribution in [0.1, 0.15) is 25.7 Å². The number of carbonyl (C=O) groups is 1. The minimum Gasteiger partial charge on any atom is -0.383 e. The van der Waals surface area contributed by atoms with Gasteiger partial charge in [0.2, 0.25) is 0 Å². The smallest absolute Gasteiger partial charge is 0.315 e. The summed E-state index contributed by atoms with van der Waals surface area (Å²) in [6, 6.07) is 0.335. The van der Waals surface area contributed by atoms with Crippen molar-refractivity contribution >= 4 is 6.03 Å². The summed E-state index contributed by atoms with van der Waals surface area (Å²) in [6.45, 7) is 0.621. The number of amides is 2. The lowest BCUT2D eigenvalue weighted by atomic mass is 10.0. The maximum atomic E-state index is 11.3. The number of fused-ring (bicyclic) bond motifs is 1. The number of rotatable bonds is 2. The normalized spacial score (nSPS) is 36.1. The number of likely N-dealkylation sites (tertiary alicyclic amines) is 1. The second-order valence-electron chi connectivity index (χ2n) is 4.35. The highest BCUT2D eigenvalue weighted by molar-refractivity contribution is 5.73. The third-order valence-corrected chi connectivity index (χ3v) is 3.56. The molecule has 1 aliphatic heterocycles. The molecular weight excluding hydrogens is 180 g/mol. The number of hydrogen-bond acceptors (Lipinski definition) is 2. The zero-order valence-corrected chi connectivity index (χ0v) is 8.61. The van der Waals surface area contributed by atoms with Gasteiger partial charge in [-0.3, -0.25) is 0 Å². The highest BCUT2D eigenvalue weighted by Gasteiger charge is 2.44. The maximum Gasteiger partial charge on any atom is 0.315 e. The molecule has 0 bridgehead atoms. The Bertz CT molecular complexity index is 232. The van der Waals surface area contributed by atoms with Gasteiger partial charge in [0.15, 0.2) is 0 Å². The summed E-state index contributed by atoms with van der Waals surface area (Å²) in [6.07, 6.45) is 4.67. The molecule has 4 nitrogen and oxygen atoms in total. The average Bonchev–Trinajstić information content (AvgIpc) is 2.62. The van der Waals surface area contributed by atoms with Crippen LogP contribution in [0.3, 0.4) is 0 Å². The van der Waals surface area contributed by atoms with Gasteiger partial charge in [-0.05, 0) is 25.2 Å². The van der Waals surface area contributed by atoms with Gasteiger partial charge < -0.3 is 15.4 Å². The number of nitrogens with zero attached hydrogens (tertiary/aromatic N) is 1. The van der Waals surface area contributed by atoms with E-state index in [1.54, 1.807) is 7.11 Å². The summed E-state index contributed by atoms with van der Waals surface area (Å²) < 4.78 is 5.12. The Kier molecular flexibility index (Phi) is 2.63. The van der Waals surface area contributed by atoms with Gasteiger partial charge in [0.1, 0.15) is 0 Å². The van der Waals surface area contributed by atoms with Crippen LogP contribution in [0.5, 0.6) is 0 Å². The molecule has 2 aliphatic rings. The van der Waals surface area contributed by atoms with Crippen molar-refractivity contribution in [2.75, 3.05) is 13.7 Å². The van der Waals surface area contributed by atoms with Gasteiger partial charge in [0.05, 0.1) is 12.6 Å². The van der Waals surface area contributed by atoms with Crippen molar-refractivity contribution in [2.24, 2.45) is 11.7 Å². The SMILES string of the molecule is COCC1CC2CCCC2N1C(N)=O. The van der Waals surface area contributed by atoms with Crippen molar-refractivity contribution in [1.29, 1.82) is 0 Å². The molecule has 1 saturated carbocycles. The van der Waals surface area contributed by atoms with Crippen LogP contribution >= 0.6 is 0 Å². The Hall–Kier alpha value is -0.770. The second kappa shape index (κ2) is 3.77. The van der Waals surface area contributed by atoms with Crippen molar-refractivity contribution in [2.45, 2.75) is 37.8 Å². The third-order valence-electron chi connectivity index (χ3n) is 3.56. The molecule has 0 radical (unpaired) electrons. The summed E-state index contributed by atoms with van der Waals surface area (Å²) in [5.74, 6) is 0.669. The Morgan fingerprint density at radius 2 is 2.36 bits per heavy atom. The second-order valence-corrected chi connectivity index (χ2v) is 4.35. The molecule has 0 spiro atoms. The minimum absolute atomic E-state index is 0.216. The number of ether oxygens (including phenoxy) is 1. The Morgan fingerprint density at radius 1 is 1.57 bits per heavy atom. The molecule has 0 aromatic heterocycles. The van der Waals surface area contributed by atoms with E-state index in [2.05, 4.69) is 0 Å². The van der Waals surface area contributed by atoms with E-state index < -0.39 is 0 Å². The van der Waals surface area contributed by atoms with E-state index in [0.29, 0.717) is 18.6 Å². The lowest BCUT2D eigenvalue weighted by molar-refractivity contribution is 0.113. The van der Waals surface area contributed by atoms with Gasteiger partial charge in [0, 0.05) is 13.2 Å². The van der Waals surface area contributed by atoms with Gasteiger partial charge in [-0.25, -0.2) is 4.79 Å². The number of hydrogen-bond donors (Lipinski definition) is 1. The highest BCUT2D eigenvalue weighted by atomic mass is 16.5. The molecule has 1 saturated heterocycles. The molecule has 14 heavy (non-hydrogen) atoms. The summed E-state index contributed by atoms with van der Waals surface area (Å²) >= 11 is 0. The zero-order valence-electron chi connectivity index (χ0n) is 8.61. The number of urea groups is 1. The van der Waals surface area contributed by atoms with Gasteiger partial charge >= 0.3 is 6.03 Å². The predicted molar refractivity (Wildman–Crippen MR) is 52.8 cm³/mol. The van der Waals surface area contributed by atoms with Crippen molar-refractivity contribution in [3.8, 4) is 0 Å². The molecule has 2 N–H and O–H groups in total. The molecule has 3 atom stereocenters. The fourth-order valence-electron chi connectivity index (χ4n) is 3.08. The van der Waals surface area contributed by atoms with Crippen LogP contribution in [0.15, 0.2) is 0 Å². The van der Waals surface area contributed by atoms with E-state index in [9.17, 15) is 4.79 Å². The molecule has 1 heterocycles. The average molecular weight is 198 g/mol. The molecule has 3 unspecified atom stereocenters. The summed E-state index contributed by atoms with van der Waals surface area (Å²) in [5.41, 5.74) is 5.41. The number of carbonyl (C=O) groups excluding carboxylic acids is 1. The molecule has 1 aliphatic carbocycles. The van der Waals surface area contributed by atoms with Crippen molar-refractivity contribution < 1.29 is 9.53 Å². The van der Waals surface area contributed by atoms with Gasteiger partial charge in [0.25, 0.3) is 0 Å². The van der Waals surface area contributed by atoms with Crippen LogP contribution in [-0.4, -0.2) is 36.7 Å². The highest BCUT2D eigenvalue weighted by Crippen LogP contribution is 2.40. The van der Waals surface area contributed by atoms with Crippen LogP contribution < -0.4 is 5.73 Å². The molecule has 2 amide bonds. The number of primary amides is 1. The van der Waals surface area contributed by atoms with E-state index in [0.717, 1.165) is 12.8 Å².